The molecule has 1 aromatic rings. The van der Waals surface area contributed by atoms with Gasteiger partial charge in [-0.25, -0.2) is 4.79 Å². The van der Waals surface area contributed by atoms with Gasteiger partial charge in [-0.15, -0.1) is 0 Å². The van der Waals surface area contributed by atoms with Crippen LogP contribution in [0.5, 0.6) is 0 Å². The zero-order valence-electron chi connectivity index (χ0n) is 58.7. The molecule has 0 bridgehead atoms. The van der Waals surface area contributed by atoms with Gasteiger partial charge in [-0.05, 0) is 96.6 Å². The first kappa shape index (κ1) is 78.1. The van der Waals surface area contributed by atoms with Crippen LogP contribution < -0.4 is 0 Å². The number of hydrogen-bond acceptors (Lipinski definition) is 30. The van der Waals surface area contributed by atoms with Crippen LogP contribution >= 0.6 is 0 Å². The normalized spacial score (nSPS) is 50.2. The number of ether oxygens (including phenoxy) is 17. The average molecular weight is 1430 g/mol. The first-order valence-corrected chi connectivity index (χ1v) is 35.2. The van der Waals surface area contributed by atoms with Gasteiger partial charge in [-0.3, -0.25) is 0 Å². The Balaban J connectivity index is 0.665. The second-order valence-electron chi connectivity index (χ2n) is 29.6. The summed E-state index contributed by atoms with van der Waals surface area (Å²) >= 11 is 0. The van der Waals surface area contributed by atoms with E-state index in [2.05, 4.69) is 6.92 Å². The molecular formula is C70H108O30. The van der Waals surface area contributed by atoms with Gasteiger partial charge in [0.05, 0.1) is 73.6 Å². The summed E-state index contributed by atoms with van der Waals surface area (Å²) in [5, 5.41) is 135. The molecule has 36 atom stereocenters. The van der Waals surface area contributed by atoms with Crippen molar-refractivity contribution in [1.82, 2.24) is 0 Å². The fraction of sp³-hybridized carbons (Fsp3) is 0.843. The number of aliphatic hydroxyl groups is 12. The number of fused-ring (bicyclic) bond motifs is 5. The molecule has 12 N–H and O–H groups in total. The molecule has 100 heavy (non-hydrogen) atoms. The number of aliphatic hydroxyl groups excluding tert-OH is 9. The van der Waals surface area contributed by atoms with Crippen molar-refractivity contribution in [2.45, 2.75) is 314 Å². The van der Waals surface area contributed by atoms with Crippen molar-refractivity contribution < 1.29 is 147 Å². The van der Waals surface area contributed by atoms with Crippen molar-refractivity contribution in [3.63, 3.8) is 0 Å². The number of carbonyl (C=O) groups is 1. The molecule has 0 unspecified atom stereocenters. The monoisotopic (exact) mass is 1430 g/mol. The van der Waals surface area contributed by atoms with E-state index in [0.717, 1.165) is 11.1 Å². The maximum atomic E-state index is 13.7. The smallest absolute Gasteiger partial charge is 0.331 e. The van der Waals surface area contributed by atoms with E-state index in [0.29, 0.717) is 25.7 Å². The predicted octanol–water partition coefficient (Wildman–Crippen LogP) is -0.353. The Bertz CT molecular complexity index is 2910. The Hall–Kier alpha value is -2.95. The van der Waals surface area contributed by atoms with Crippen LogP contribution in [-0.4, -0.2) is 310 Å². The summed E-state index contributed by atoms with van der Waals surface area (Å²) < 4.78 is 105. The molecule has 6 heterocycles. The standard InChI is InChI=1S/C70H108O30/c1-32-58(40(84-8)26-48(89-32)93-39-20-21-66(6)38(25-39)19-22-69(82)45(66)29-46(96-47(73)18-17-37-15-13-12-14-16-37)67(7)68(81,36(5)72)23-24-70(67,69)83)97-49-27-41(85-9)60(34(3)90-49)100-65-57(80)62(87-11)61(35(4)92-65)98-50-28-42(86-10)59(33(2)91-50)99-64-56(79)54(77)52(75)44(95-64)31-88-63-55(78)53(76)51(74)43(30-71)94-63/h12-19,32-36,39-46,48-65,71-72,74-83H,20-31H2,1-11H3/b18-17-/t32-,33-,34-,35-,36+,39+,40+,41+,42-,43-,44-,45-,46-,48+,49+,50+,51-,52-,53+,54+,55-,56-,57-,58-,59-,60-,61+,62-,63-,64+,65+,66+,67-,68+,69+,70-/m1/s1. The third kappa shape index (κ3) is 14.5. The summed E-state index contributed by atoms with van der Waals surface area (Å²) in [5.41, 5.74) is -6.08. The van der Waals surface area contributed by atoms with Crippen molar-refractivity contribution in [2.75, 3.05) is 41.7 Å². The highest BCUT2D eigenvalue weighted by atomic mass is 16.8. The van der Waals surface area contributed by atoms with E-state index in [4.69, 9.17) is 80.5 Å². The number of esters is 1. The zero-order chi connectivity index (χ0) is 72.3. The minimum absolute atomic E-state index is 0.0184. The highest BCUT2D eigenvalue weighted by Gasteiger charge is 2.81. The van der Waals surface area contributed by atoms with Crippen LogP contribution in [0.2, 0.25) is 0 Å². The van der Waals surface area contributed by atoms with Gasteiger partial charge in [-0.2, -0.15) is 0 Å². The molecule has 11 rings (SSSR count). The highest BCUT2D eigenvalue weighted by Crippen LogP contribution is 2.71. The van der Waals surface area contributed by atoms with Crippen molar-refractivity contribution in [1.29, 1.82) is 0 Å². The molecule has 0 aromatic heterocycles. The molecular weight excluding hydrogens is 1320 g/mol. The lowest BCUT2D eigenvalue weighted by atomic mass is 9.42. The van der Waals surface area contributed by atoms with Crippen molar-refractivity contribution in [3.8, 4) is 0 Å². The predicted molar refractivity (Wildman–Crippen MR) is 343 cm³/mol. The Kier molecular flexibility index (Phi) is 24.6. The Morgan fingerprint density at radius 3 is 1.67 bits per heavy atom. The van der Waals surface area contributed by atoms with Crippen LogP contribution in [0.4, 0.5) is 0 Å². The average Bonchev–Trinajstić information content (AvgIpc) is 1.39. The zero-order valence-corrected chi connectivity index (χ0v) is 58.7. The van der Waals surface area contributed by atoms with Gasteiger partial charge < -0.3 is 142 Å². The fourth-order valence-corrected chi connectivity index (χ4v) is 18.1. The first-order chi connectivity index (χ1) is 47.4. The second-order valence-corrected chi connectivity index (χ2v) is 29.6. The van der Waals surface area contributed by atoms with Crippen LogP contribution in [-0.2, 0) is 85.3 Å². The summed E-state index contributed by atoms with van der Waals surface area (Å²) in [6.07, 6.45) is -25.7. The van der Waals surface area contributed by atoms with Gasteiger partial charge in [0.25, 0.3) is 0 Å². The number of methoxy groups -OCH3 is 4. The van der Waals surface area contributed by atoms with E-state index >= 15 is 0 Å². The largest absolute Gasteiger partial charge is 0.458 e. The number of rotatable bonds is 22. The number of benzene rings is 1. The van der Waals surface area contributed by atoms with E-state index in [9.17, 15) is 66.1 Å². The van der Waals surface area contributed by atoms with Gasteiger partial charge in [-0.1, -0.05) is 55.8 Å². The summed E-state index contributed by atoms with van der Waals surface area (Å²) in [5.74, 6) is -1.27. The third-order valence-corrected chi connectivity index (χ3v) is 24.0. The van der Waals surface area contributed by atoms with E-state index < -0.39 is 231 Å². The van der Waals surface area contributed by atoms with E-state index in [-0.39, 0.29) is 44.6 Å². The van der Waals surface area contributed by atoms with E-state index in [1.54, 1.807) is 48.0 Å². The minimum atomic E-state index is -1.95. The molecule has 3 saturated carbocycles. The minimum Gasteiger partial charge on any atom is -0.458 e. The summed E-state index contributed by atoms with van der Waals surface area (Å²) in [6.45, 7) is 11.0. The molecule has 568 valence electrons. The highest BCUT2D eigenvalue weighted by molar-refractivity contribution is 5.87. The molecule has 30 heteroatoms. The molecule has 30 nitrogen and oxygen atoms in total. The first-order valence-electron chi connectivity index (χ1n) is 35.2. The van der Waals surface area contributed by atoms with Crippen LogP contribution in [0.1, 0.15) is 118 Å². The molecule has 6 saturated heterocycles. The molecule has 9 fully saturated rings. The fourth-order valence-electron chi connectivity index (χ4n) is 18.1. The summed E-state index contributed by atoms with van der Waals surface area (Å²) in [7, 11) is 5.99. The van der Waals surface area contributed by atoms with Crippen molar-refractivity contribution >= 4 is 12.0 Å². The van der Waals surface area contributed by atoms with Gasteiger partial charge >= 0.3 is 5.97 Å². The van der Waals surface area contributed by atoms with Gasteiger partial charge in [0.15, 0.2) is 37.7 Å². The van der Waals surface area contributed by atoms with Gasteiger partial charge in [0.1, 0.15) is 108 Å². The Morgan fingerprint density at radius 2 is 1.11 bits per heavy atom. The topological polar surface area (TPSA) is 417 Å². The van der Waals surface area contributed by atoms with Crippen LogP contribution in [0.3, 0.4) is 0 Å². The maximum Gasteiger partial charge on any atom is 0.331 e. The van der Waals surface area contributed by atoms with Crippen LogP contribution in [0, 0.1) is 16.7 Å². The van der Waals surface area contributed by atoms with Crippen LogP contribution in [0.15, 0.2) is 48.1 Å². The molecule has 0 amide bonds. The van der Waals surface area contributed by atoms with Crippen molar-refractivity contribution in [3.05, 3.63) is 53.6 Å². The van der Waals surface area contributed by atoms with E-state index in [1.807, 2.05) is 43.3 Å². The molecule has 1 aromatic carbocycles. The lowest BCUT2D eigenvalue weighted by molar-refractivity contribution is -0.373. The Labute approximate surface area is 582 Å². The quantitative estimate of drug-likeness (QED) is 0.0401. The molecule has 6 aliphatic heterocycles. The number of carbonyl (C=O) groups excluding carboxylic acids is 1. The molecule has 0 radical (unpaired) electrons. The molecule has 0 spiro atoms. The van der Waals surface area contributed by atoms with Crippen LogP contribution in [0.25, 0.3) is 6.08 Å². The second kappa shape index (κ2) is 31.5. The van der Waals surface area contributed by atoms with E-state index in [1.165, 1.54) is 27.2 Å². The lowest BCUT2D eigenvalue weighted by Crippen LogP contribution is -2.78. The Morgan fingerprint density at radius 1 is 0.590 bits per heavy atom. The molecule has 4 aliphatic carbocycles. The maximum absolute atomic E-state index is 13.7. The summed E-state index contributed by atoms with van der Waals surface area (Å²) in [6, 6.07) is 9.27. The lowest BCUT2D eigenvalue weighted by Gasteiger charge is -2.67. The molecule has 10 aliphatic rings. The van der Waals surface area contributed by atoms with Gasteiger partial charge in [0, 0.05) is 59.7 Å². The third-order valence-electron chi connectivity index (χ3n) is 24.0. The number of hydrogen-bond donors (Lipinski definition) is 12. The van der Waals surface area contributed by atoms with Crippen molar-refractivity contribution in [2.24, 2.45) is 16.7 Å². The summed E-state index contributed by atoms with van der Waals surface area (Å²) in [4.78, 5) is 13.7. The SMILES string of the molecule is CO[C@@H]1[C@@H](O)[C@H](O[C@H]2[C@@H](OC)C[C@H](O[C@H]3[C@@H](OC)C[C@H](O[C@H]4CC[C@@]5(C)C(=CC[C@]6(O)[C@@H]5C[C@@H](OC(=O)/C=C\c5ccccc5)[C@@]5(C)[C@]6(O)CC[C@]5(O)[C@H](C)O)C4)O[C@@H]3C)O[C@@H]2C)O[C@H](C)[C@@H]1O[C@H]1C[C@@H](OC)[C@H](O[C@@H]2O[C@H](CO[C@@H]3O[C@H](CO)[C@@H](O)[C@H](O)[C@H]3O)[C@@H](O)[C@H](O)[C@H]2O)[C@@H](C)O1. The van der Waals surface area contributed by atoms with Gasteiger partial charge in [0.2, 0.25) is 0 Å².